The summed E-state index contributed by atoms with van der Waals surface area (Å²) in [7, 11) is 0. The highest BCUT2D eigenvalue weighted by Gasteiger charge is 2.20. The highest BCUT2D eigenvalue weighted by molar-refractivity contribution is 6.18. The van der Waals surface area contributed by atoms with Crippen molar-refractivity contribution in [2.75, 3.05) is 0 Å². The van der Waals surface area contributed by atoms with Crippen LogP contribution in [0.5, 0.6) is 0 Å². The molecule has 4 heterocycles. The lowest BCUT2D eigenvalue weighted by atomic mass is 9.93. The van der Waals surface area contributed by atoms with E-state index in [4.69, 9.17) is 28.2 Å². The van der Waals surface area contributed by atoms with Crippen LogP contribution in [-0.4, -0.2) is 15.0 Å². The molecule has 0 bridgehead atoms. The first-order chi connectivity index (χ1) is 28.2. The molecule has 6 nitrogen and oxygen atoms in total. The predicted octanol–water partition coefficient (Wildman–Crippen LogP) is 13.9. The van der Waals surface area contributed by atoms with Gasteiger partial charge in [-0.05, 0) is 71.3 Å². The molecule has 0 aliphatic carbocycles. The summed E-state index contributed by atoms with van der Waals surface area (Å²) in [5.74, 6) is 1.82. The lowest BCUT2D eigenvalue weighted by Crippen LogP contribution is -2.00. The van der Waals surface area contributed by atoms with Crippen LogP contribution in [-0.2, 0) is 0 Å². The second-order valence-electron chi connectivity index (χ2n) is 14.3. The van der Waals surface area contributed by atoms with Crippen LogP contribution in [0.15, 0.2) is 189 Å². The summed E-state index contributed by atoms with van der Waals surface area (Å²) in [5, 5.41) is 6.37. The second-order valence-corrected chi connectivity index (χ2v) is 14.3. The third kappa shape index (κ3) is 5.08. The maximum absolute atomic E-state index is 6.68. The minimum atomic E-state index is 0.583. The van der Waals surface area contributed by atoms with Crippen molar-refractivity contribution >= 4 is 65.8 Å². The van der Waals surface area contributed by atoms with Crippen molar-refractivity contribution in [1.82, 2.24) is 15.0 Å². The highest BCUT2D eigenvalue weighted by atomic mass is 16.3. The van der Waals surface area contributed by atoms with E-state index in [2.05, 4.69) is 78.9 Å². The molecule has 0 radical (unpaired) electrons. The van der Waals surface area contributed by atoms with E-state index in [0.717, 1.165) is 105 Å². The van der Waals surface area contributed by atoms with Crippen molar-refractivity contribution in [2.45, 2.75) is 0 Å². The fourth-order valence-electron chi connectivity index (χ4n) is 8.21. The Hall–Kier alpha value is -7.83. The van der Waals surface area contributed by atoms with Gasteiger partial charge in [-0.2, -0.15) is 0 Å². The van der Waals surface area contributed by atoms with Crippen LogP contribution in [0.1, 0.15) is 0 Å². The molecule has 0 saturated heterocycles. The van der Waals surface area contributed by atoms with Crippen LogP contribution >= 0.6 is 0 Å². The average molecular weight is 732 g/mol. The molecule has 0 saturated carbocycles. The van der Waals surface area contributed by atoms with Crippen molar-refractivity contribution < 1.29 is 13.3 Å². The summed E-state index contributed by atoms with van der Waals surface area (Å²) in [6, 6.07) is 59.9. The van der Waals surface area contributed by atoms with Gasteiger partial charge >= 0.3 is 0 Å². The molecule has 0 aliphatic rings. The fraction of sp³-hybridized carbons (Fsp3) is 0. The third-order valence-electron chi connectivity index (χ3n) is 11.0. The van der Waals surface area contributed by atoms with Gasteiger partial charge < -0.3 is 13.3 Å². The number of fused-ring (bicyclic) bond motifs is 9. The molecule has 0 N–H and O–H groups in total. The summed E-state index contributed by atoms with van der Waals surface area (Å²) in [6.45, 7) is 0. The Morgan fingerprint density at radius 2 is 0.754 bits per heavy atom. The van der Waals surface area contributed by atoms with Crippen LogP contribution in [0.25, 0.3) is 122 Å². The first-order valence-electron chi connectivity index (χ1n) is 18.9. The van der Waals surface area contributed by atoms with Crippen molar-refractivity contribution in [2.24, 2.45) is 0 Å². The maximum atomic E-state index is 6.68. The molecular weight excluding hydrogens is 703 g/mol. The molecule has 8 aromatic carbocycles. The van der Waals surface area contributed by atoms with Crippen LogP contribution in [0.3, 0.4) is 0 Å². The lowest BCUT2D eigenvalue weighted by Gasteiger charge is -2.09. The van der Waals surface area contributed by atoms with Gasteiger partial charge in [0.15, 0.2) is 17.5 Å². The van der Waals surface area contributed by atoms with Crippen LogP contribution in [0.4, 0.5) is 0 Å². The molecule has 0 amide bonds. The number of hydrogen-bond acceptors (Lipinski definition) is 6. The molecule has 0 spiro atoms. The zero-order chi connectivity index (χ0) is 37.5. The number of hydrogen-bond donors (Lipinski definition) is 0. The molecule has 12 aromatic rings. The Labute approximate surface area is 325 Å². The minimum absolute atomic E-state index is 0.583. The molecule has 12 rings (SSSR count). The quantitative estimate of drug-likeness (QED) is 0.175. The summed E-state index contributed by atoms with van der Waals surface area (Å²) in [6.07, 6.45) is 0. The van der Waals surface area contributed by atoms with Crippen molar-refractivity contribution in [3.05, 3.63) is 176 Å². The maximum Gasteiger partial charge on any atom is 0.164 e. The van der Waals surface area contributed by atoms with E-state index in [1.54, 1.807) is 0 Å². The molecular formula is C51H29N3O3. The monoisotopic (exact) mass is 731 g/mol. The van der Waals surface area contributed by atoms with Crippen molar-refractivity contribution in [1.29, 1.82) is 0 Å². The average Bonchev–Trinajstić information content (AvgIpc) is 3.97. The van der Waals surface area contributed by atoms with E-state index >= 15 is 0 Å². The Balaban J connectivity index is 0.986. The van der Waals surface area contributed by atoms with Crippen LogP contribution in [0.2, 0.25) is 0 Å². The van der Waals surface area contributed by atoms with Gasteiger partial charge in [0, 0.05) is 54.6 Å². The van der Waals surface area contributed by atoms with Gasteiger partial charge in [-0.1, -0.05) is 121 Å². The van der Waals surface area contributed by atoms with E-state index in [0.29, 0.717) is 17.5 Å². The van der Waals surface area contributed by atoms with E-state index in [-0.39, 0.29) is 0 Å². The van der Waals surface area contributed by atoms with Crippen molar-refractivity contribution in [3.8, 4) is 56.4 Å². The molecule has 0 unspecified atom stereocenters. The first kappa shape index (κ1) is 31.5. The lowest BCUT2D eigenvalue weighted by molar-refractivity contribution is 0.668. The van der Waals surface area contributed by atoms with Gasteiger partial charge in [0.1, 0.15) is 33.5 Å². The van der Waals surface area contributed by atoms with E-state index in [9.17, 15) is 0 Å². The van der Waals surface area contributed by atoms with Crippen LogP contribution in [0, 0.1) is 0 Å². The second kappa shape index (κ2) is 12.3. The Morgan fingerprint density at radius 1 is 0.281 bits per heavy atom. The van der Waals surface area contributed by atoms with Gasteiger partial charge in [0.2, 0.25) is 0 Å². The first-order valence-corrected chi connectivity index (χ1v) is 18.9. The summed E-state index contributed by atoms with van der Waals surface area (Å²) >= 11 is 0. The third-order valence-corrected chi connectivity index (χ3v) is 11.0. The summed E-state index contributed by atoms with van der Waals surface area (Å²) in [5.41, 5.74) is 11.9. The Kier molecular flexibility index (Phi) is 6.83. The molecule has 6 heteroatoms. The zero-order valence-electron chi connectivity index (χ0n) is 30.3. The largest absolute Gasteiger partial charge is 0.456 e. The highest BCUT2D eigenvalue weighted by Crippen LogP contribution is 2.44. The number of aromatic nitrogens is 3. The topological polar surface area (TPSA) is 78.1 Å². The SMILES string of the molecule is c1ccc(-c2nc(-c3ccccc3)nc(-c3ccc4c(c3)oc3cc(-c5ccc(-c6ccc7oc8ccccc8c7c6)c6oc7ccccc7c56)ccc34)n2)cc1. The van der Waals surface area contributed by atoms with Gasteiger partial charge in [0.25, 0.3) is 0 Å². The van der Waals surface area contributed by atoms with E-state index in [1.165, 1.54) is 0 Å². The molecule has 0 fully saturated rings. The smallest absolute Gasteiger partial charge is 0.164 e. The molecule has 0 atom stereocenters. The van der Waals surface area contributed by atoms with E-state index < -0.39 is 0 Å². The normalized spacial score (nSPS) is 11.9. The number of nitrogens with zero attached hydrogens (tertiary/aromatic N) is 3. The minimum Gasteiger partial charge on any atom is -0.456 e. The summed E-state index contributed by atoms with van der Waals surface area (Å²) < 4.78 is 19.5. The van der Waals surface area contributed by atoms with Gasteiger partial charge in [-0.3, -0.25) is 0 Å². The molecule has 4 aromatic heterocycles. The molecule has 266 valence electrons. The molecule has 0 aliphatic heterocycles. The van der Waals surface area contributed by atoms with Crippen molar-refractivity contribution in [3.63, 3.8) is 0 Å². The molecule has 57 heavy (non-hydrogen) atoms. The zero-order valence-corrected chi connectivity index (χ0v) is 30.3. The van der Waals surface area contributed by atoms with Crippen LogP contribution < -0.4 is 0 Å². The number of rotatable bonds is 5. The van der Waals surface area contributed by atoms with Gasteiger partial charge in [-0.15, -0.1) is 0 Å². The number of furan rings is 3. The Morgan fingerprint density at radius 3 is 1.46 bits per heavy atom. The fourth-order valence-corrected chi connectivity index (χ4v) is 8.21. The van der Waals surface area contributed by atoms with Gasteiger partial charge in [0.05, 0.1) is 0 Å². The Bertz CT molecular complexity index is 3470. The standard InChI is InChI=1S/C51H29N3O3/c1-3-11-30(12-4-1)49-52-50(31-13-5-2-6-14-31)54-51(53-49)34-20-23-39-38-22-19-33(28-45(38)56-46(39)29-34)35-24-25-36(48-47(35)40-16-8-10-18-43(40)57-48)32-21-26-44-41(27-32)37-15-7-9-17-42(37)55-44/h1-29H. The predicted molar refractivity (Wildman–Crippen MR) is 229 cm³/mol. The number of benzene rings is 8. The van der Waals surface area contributed by atoms with Gasteiger partial charge in [-0.25, -0.2) is 15.0 Å². The summed E-state index contributed by atoms with van der Waals surface area (Å²) in [4.78, 5) is 14.7. The van der Waals surface area contributed by atoms with E-state index in [1.807, 2.05) is 97.1 Å². The number of para-hydroxylation sites is 2.